The quantitative estimate of drug-likeness (QED) is 0.0693. The Morgan fingerprint density at radius 1 is 0.812 bits per heavy atom. The van der Waals surface area contributed by atoms with Crippen molar-refractivity contribution in [3.05, 3.63) is 23.8 Å². The first kappa shape index (κ1) is 39.7. The van der Waals surface area contributed by atoms with Crippen LogP contribution in [0.4, 0.5) is 0 Å². The van der Waals surface area contributed by atoms with Crippen LogP contribution in [-0.4, -0.2) is 12.1 Å². The van der Waals surface area contributed by atoms with Gasteiger partial charge in [-0.2, -0.15) is 0 Å². The van der Waals surface area contributed by atoms with E-state index in [1.807, 2.05) is 0 Å². The van der Waals surface area contributed by atoms with Crippen molar-refractivity contribution in [2.45, 2.75) is 209 Å². The van der Waals surface area contributed by atoms with Crippen LogP contribution in [0.25, 0.3) is 0 Å². The molecule has 2 nitrogen and oxygen atoms in total. The van der Waals surface area contributed by atoms with E-state index < -0.39 is 0 Å². The van der Waals surface area contributed by atoms with Gasteiger partial charge in [0.15, 0.2) is 0 Å². The third-order valence-corrected chi connectivity index (χ3v) is 15.0. The second-order valence-corrected chi connectivity index (χ2v) is 18.5. The summed E-state index contributed by atoms with van der Waals surface area (Å²) in [6.07, 6.45) is 38.0. The van der Waals surface area contributed by atoms with E-state index in [0.29, 0.717) is 17.3 Å². The Labute approximate surface area is 299 Å². The third kappa shape index (κ3) is 10.5. The molecule has 0 aliphatic heterocycles. The predicted octanol–water partition coefficient (Wildman–Crippen LogP) is 14.2. The minimum absolute atomic E-state index is 0.0536. The van der Waals surface area contributed by atoms with Crippen LogP contribution < -0.4 is 0 Å². The number of carbonyl (C=O) groups excluding carboxylic acids is 1. The highest BCUT2D eigenvalue weighted by Gasteiger charge is 2.59. The van der Waals surface area contributed by atoms with E-state index in [-0.39, 0.29) is 12.1 Å². The van der Waals surface area contributed by atoms with E-state index in [0.717, 1.165) is 67.1 Å². The molecule has 9 atom stereocenters. The van der Waals surface area contributed by atoms with E-state index in [1.54, 1.807) is 5.57 Å². The number of esters is 1. The molecule has 0 aromatic heterocycles. The molecule has 0 saturated heterocycles. The van der Waals surface area contributed by atoms with E-state index in [4.69, 9.17) is 4.74 Å². The van der Waals surface area contributed by atoms with E-state index in [2.05, 4.69) is 66.7 Å². The first-order chi connectivity index (χ1) is 23.1. The summed E-state index contributed by atoms with van der Waals surface area (Å²) in [5, 5.41) is 0. The molecule has 0 bridgehead atoms. The summed E-state index contributed by atoms with van der Waals surface area (Å²) in [5.74, 6) is 6.08. The largest absolute Gasteiger partial charge is 0.462 e. The Kier molecular flexibility index (Phi) is 16.2. The zero-order valence-electron chi connectivity index (χ0n) is 33.1. The summed E-state index contributed by atoms with van der Waals surface area (Å²) in [6.45, 7) is 17.4. The van der Waals surface area contributed by atoms with Crippen molar-refractivity contribution in [1.29, 1.82) is 0 Å². The number of unbranched alkanes of at least 4 members (excludes halogenated alkanes) is 11. The molecular weight excluding hydrogens is 585 g/mol. The topological polar surface area (TPSA) is 26.3 Å². The van der Waals surface area contributed by atoms with Crippen LogP contribution in [0.3, 0.4) is 0 Å². The van der Waals surface area contributed by atoms with Crippen molar-refractivity contribution < 1.29 is 9.53 Å². The Bertz CT molecular complexity index is 1010. The van der Waals surface area contributed by atoms with Crippen molar-refractivity contribution in [3.63, 3.8) is 0 Å². The minimum atomic E-state index is 0.0536. The molecule has 4 aliphatic carbocycles. The zero-order chi connectivity index (χ0) is 34.6. The Morgan fingerprint density at radius 3 is 2.17 bits per heavy atom. The fourth-order valence-corrected chi connectivity index (χ4v) is 11.3. The van der Waals surface area contributed by atoms with E-state index >= 15 is 0 Å². The maximum absolute atomic E-state index is 12.8. The SMILES string of the molecule is CCCCCCCC/C=C/CCCCCCCC(=O)O[C@H]1CC[C@@]2(C)C(=CC[C@H]3[C@@H]4CC[C@H]([C@H](C)CC[C@@H](C)C(C)C)[C@@]4(C)CC[C@@H]32)C1. The van der Waals surface area contributed by atoms with E-state index in [1.165, 1.54) is 122 Å². The van der Waals surface area contributed by atoms with Crippen LogP contribution >= 0.6 is 0 Å². The van der Waals surface area contributed by atoms with Crippen LogP contribution in [0, 0.1) is 52.3 Å². The van der Waals surface area contributed by atoms with Gasteiger partial charge < -0.3 is 4.74 Å². The number of ether oxygens (including phenoxy) is 1. The molecule has 0 aromatic rings. The van der Waals surface area contributed by atoms with Crippen molar-refractivity contribution in [1.82, 2.24) is 0 Å². The molecule has 0 unspecified atom stereocenters. The molecule has 3 saturated carbocycles. The Hall–Kier alpha value is -1.05. The highest BCUT2D eigenvalue weighted by Crippen LogP contribution is 2.67. The molecule has 48 heavy (non-hydrogen) atoms. The highest BCUT2D eigenvalue weighted by molar-refractivity contribution is 5.69. The fraction of sp³-hybridized carbons (Fsp3) is 0.891. The average molecular weight is 665 g/mol. The van der Waals surface area contributed by atoms with Crippen LogP contribution in [0.2, 0.25) is 0 Å². The van der Waals surface area contributed by atoms with Gasteiger partial charge in [-0.3, -0.25) is 4.79 Å². The number of fused-ring (bicyclic) bond motifs is 5. The number of carbonyl (C=O) groups is 1. The molecule has 0 amide bonds. The highest BCUT2D eigenvalue weighted by atomic mass is 16.5. The minimum Gasteiger partial charge on any atom is -0.462 e. The second-order valence-electron chi connectivity index (χ2n) is 18.5. The predicted molar refractivity (Wildman–Crippen MR) is 207 cm³/mol. The lowest BCUT2D eigenvalue weighted by Gasteiger charge is -2.58. The first-order valence-corrected chi connectivity index (χ1v) is 21.6. The molecule has 0 heterocycles. The lowest BCUT2D eigenvalue weighted by Crippen LogP contribution is -2.51. The molecule has 0 spiro atoms. The van der Waals surface area contributed by atoms with Crippen LogP contribution in [0.15, 0.2) is 23.8 Å². The van der Waals surface area contributed by atoms with Gasteiger partial charge in [0.1, 0.15) is 6.10 Å². The van der Waals surface area contributed by atoms with Gasteiger partial charge >= 0.3 is 5.97 Å². The second kappa shape index (κ2) is 19.5. The summed E-state index contributed by atoms with van der Waals surface area (Å²) in [7, 11) is 0. The summed E-state index contributed by atoms with van der Waals surface area (Å²) in [4.78, 5) is 12.8. The average Bonchev–Trinajstić information content (AvgIpc) is 3.42. The molecule has 2 heteroatoms. The number of allylic oxidation sites excluding steroid dienone is 3. The first-order valence-electron chi connectivity index (χ1n) is 21.6. The van der Waals surface area contributed by atoms with Crippen LogP contribution in [-0.2, 0) is 9.53 Å². The molecule has 4 aliphatic rings. The van der Waals surface area contributed by atoms with Crippen molar-refractivity contribution in [3.8, 4) is 0 Å². The standard InChI is InChI=1S/C46H80O2/c1-8-9-10-11-12-13-14-15-16-17-18-19-20-21-22-23-44(47)48-39-30-32-45(6)38(34-39)26-27-40-42-29-28-41(46(42,7)33-31-43(40)45)37(5)25-24-36(4)35(2)3/h15-16,26,35-37,39-43H,8-14,17-25,27-34H2,1-7H3/b16-15+/t36-,37-,39+,40+,41-,42+,43+,45+,46-/m1/s1. The monoisotopic (exact) mass is 665 g/mol. The van der Waals surface area contributed by atoms with Gasteiger partial charge in [0, 0.05) is 12.8 Å². The van der Waals surface area contributed by atoms with Gasteiger partial charge in [-0.1, -0.05) is 136 Å². The lowest BCUT2D eigenvalue weighted by molar-refractivity contribution is -0.151. The number of rotatable bonds is 21. The zero-order valence-corrected chi connectivity index (χ0v) is 33.1. The van der Waals surface area contributed by atoms with Crippen LogP contribution in [0.1, 0.15) is 203 Å². The maximum Gasteiger partial charge on any atom is 0.306 e. The van der Waals surface area contributed by atoms with Gasteiger partial charge in [0.05, 0.1) is 0 Å². The smallest absolute Gasteiger partial charge is 0.306 e. The molecule has 0 aromatic carbocycles. The third-order valence-electron chi connectivity index (χ3n) is 15.0. The van der Waals surface area contributed by atoms with Gasteiger partial charge in [-0.15, -0.1) is 0 Å². The summed E-state index contributed by atoms with van der Waals surface area (Å²) in [5.41, 5.74) is 2.51. The van der Waals surface area contributed by atoms with Crippen molar-refractivity contribution in [2.75, 3.05) is 0 Å². The van der Waals surface area contributed by atoms with Gasteiger partial charge in [-0.25, -0.2) is 0 Å². The lowest BCUT2D eigenvalue weighted by atomic mass is 9.47. The summed E-state index contributed by atoms with van der Waals surface area (Å²) in [6, 6.07) is 0. The normalized spacial score (nSPS) is 32.8. The van der Waals surface area contributed by atoms with E-state index in [9.17, 15) is 4.79 Å². The fourth-order valence-electron chi connectivity index (χ4n) is 11.3. The van der Waals surface area contributed by atoms with Gasteiger partial charge in [0.25, 0.3) is 0 Å². The maximum atomic E-state index is 12.8. The molecule has 3 fully saturated rings. The number of hydrogen-bond acceptors (Lipinski definition) is 2. The van der Waals surface area contributed by atoms with Crippen molar-refractivity contribution in [2.24, 2.45) is 52.3 Å². The van der Waals surface area contributed by atoms with Gasteiger partial charge in [0.2, 0.25) is 0 Å². The number of hydrogen-bond donors (Lipinski definition) is 0. The Morgan fingerprint density at radius 2 is 1.48 bits per heavy atom. The molecule has 0 radical (unpaired) electrons. The van der Waals surface area contributed by atoms with Crippen molar-refractivity contribution >= 4 is 5.97 Å². The summed E-state index contributed by atoms with van der Waals surface area (Å²) >= 11 is 0. The molecule has 276 valence electrons. The summed E-state index contributed by atoms with van der Waals surface area (Å²) < 4.78 is 6.13. The molecule has 4 rings (SSSR count). The molecular formula is C46H80O2. The van der Waals surface area contributed by atoms with Crippen LogP contribution in [0.5, 0.6) is 0 Å². The van der Waals surface area contributed by atoms with Gasteiger partial charge in [-0.05, 0) is 129 Å². The molecule has 0 N–H and O–H groups in total. The Balaban J connectivity index is 1.13.